The van der Waals surface area contributed by atoms with Crippen LogP contribution in [0.2, 0.25) is 0 Å². The molecular formula is C20H32N2O7. The fourth-order valence-corrected chi connectivity index (χ4v) is 3.23. The van der Waals surface area contributed by atoms with Gasteiger partial charge in [0.1, 0.15) is 11.4 Å². The van der Waals surface area contributed by atoms with Crippen molar-refractivity contribution >= 4 is 12.2 Å². The molecule has 0 aromatic carbocycles. The van der Waals surface area contributed by atoms with E-state index in [4.69, 9.17) is 23.7 Å². The van der Waals surface area contributed by atoms with Crippen LogP contribution in [0, 0.1) is 5.92 Å². The number of carboxylic acid groups (broad SMARTS) is 1. The molecule has 1 aliphatic heterocycles. The highest BCUT2D eigenvalue weighted by Gasteiger charge is 2.32. The van der Waals surface area contributed by atoms with Gasteiger partial charge in [0, 0.05) is 19.5 Å². The summed E-state index contributed by atoms with van der Waals surface area (Å²) in [4.78, 5) is 26.5. The predicted octanol–water partition coefficient (Wildman–Crippen LogP) is 3.22. The van der Waals surface area contributed by atoms with E-state index in [0.29, 0.717) is 25.5 Å². The van der Waals surface area contributed by atoms with E-state index < -0.39 is 17.8 Å². The summed E-state index contributed by atoms with van der Waals surface area (Å²) in [7, 11) is 1.67. The van der Waals surface area contributed by atoms with Gasteiger partial charge in [0.2, 0.25) is 0 Å². The molecule has 29 heavy (non-hydrogen) atoms. The molecule has 2 rings (SSSR count). The maximum absolute atomic E-state index is 12.6. The van der Waals surface area contributed by atoms with E-state index in [0.717, 1.165) is 0 Å². The lowest BCUT2D eigenvalue weighted by molar-refractivity contribution is -0.0707. The molecule has 1 saturated heterocycles. The summed E-state index contributed by atoms with van der Waals surface area (Å²) in [5, 5.41) is 9.11. The third-order valence-corrected chi connectivity index (χ3v) is 4.57. The highest BCUT2D eigenvalue weighted by atomic mass is 16.6. The molecule has 0 spiro atoms. The van der Waals surface area contributed by atoms with Gasteiger partial charge >= 0.3 is 12.2 Å². The second kappa shape index (κ2) is 9.98. The van der Waals surface area contributed by atoms with Crippen LogP contribution >= 0.6 is 0 Å². The number of carbonyl (C=O) groups is 2. The Morgan fingerprint density at radius 2 is 2.14 bits per heavy atom. The van der Waals surface area contributed by atoms with Gasteiger partial charge in [-0.3, -0.25) is 0 Å². The minimum atomic E-state index is -0.955. The second-order valence-corrected chi connectivity index (χ2v) is 8.29. The smallest absolute Gasteiger partial charge is 0.410 e. The molecule has 2 amide bonds. The van der Waals surface area contributed by atoms with Gasteiger partial charge in [-0.25, -0.2) is 9.59 Å². The molecule has 9 nitrogen and oxygen atoms in total. The maximum atomic E-state index is 12.6. The van der Waals surface area contributed by atoms with Crippen LogP contribution in [0.3, 0.4) is 0 Å². The number of carbonyl (C=O) groups excluding carboxylic acids is 1. The van der Waals surface area contributed by atoms with Crippen LogP contribution in [-0.4, -0.2) is 78.8 Å². The Morgan fingerprint density at radius 1 is 1.41 bits per heavy atom. The summed E-state index contributed by atoms with van der Waals surface area (Å²) in [5.41, 5.74) is -0.604. The Bertz CT molecular complexity index is 656. The van der Waals surface area contributed by atoms with Crippen LogP contribution in [0.25, 0.3) is 0 Å². The van der Waals surface area contributed by atoms with Crippen LogP contribution in [0.4, 0.5) is 9.59 Å². The molecule has 1 fully saturated rings. The first-order valence-corrected chi connectivity index (χ1v) is 9.75. The van der Waals surface area contributed by atoms with E-state index in [9.17, 15) is 9.59 Å². The van der Waals surface area contributed by atoms with Gasteiger partial charge in [-0.2, -0.15) is 0 Å². The first-order chi connectivity index (χ1) is 13.6. The third kappa shape index (κ3) is 6.93. The molecule has 0 aliphatic carbocycles. The average molecular weight is 412 g/mol. The van der Waals surface area contributed by atoms with Crippen LogP contribution in [0.1, 0.15) is 39.5 Å². The Labute approximate surface area is 171 Å². The predicted molar refractivity (Wildman–Crippen MR) is 105 cm³/mol. The molecule has 1 unspecified atom stereocenters. The largest absolute Gasteiger partial charge is 0.467 e. The highest BCUT2D eigenvalue weighted by Crippen LogP contribution is 2.30. The molecule has 1 aliphatic rings. The van der Waals surface area contributed by atoms with Crippen LogP contribution in [-0.2, 0) is 14.2 Å². The summed E-state index contributed by atoms with van der Waals surface area (Å²) in [5.74, 6) is 0.540. The molecule has 1 aromatic heterocycles. The van der Waals surface area contributed by atoms with E-state index >= 15 is 0 Å². The average Bonchev–Trinajstić information content (AvgIpc) is 3.14. The number of amides is 2. The van der Waals surface area contributed by atoms with Gasteiger partial charge in [-0.15, -0.1) is 0 Å². The van der Waals surface area contributed by atoms with Crippen molar-refractivity contribution in [2.24, 2.45) is 5.92 Å². The highest BCUT2D eigenvalue weighted by molar-refractivity contribution is 5.68. The number of rotatable bonds is 7. The summed E-state index contributed by atoms with van der Waals surface area (Å²) in [6.07, 6.45) is -0.144. The van der Waals surface area contributed by atoms with Crippen LogP contribution in [0.5, 0.6) is 0 Å². The van der Waals surface area contributed by atoms with E-state index in [1.165, 1.54) is 9.80 Å². The minimum Gasteiger partial charge on any atom is -0.467 e. The molecule has 164 valence electrons. The molecular weight excluding hydrogens is 380 g/mol. The quantitative estimate of drug-likeness (QED) is 0.734. The lowest BCUT2D eigenvalue weighted by Crippen LogP contribution is -2.47. The van der Waals surface area contributed by atoms with E-state index in [2.05, 4.69) is 0 Å². The molecule has 2 heterocycles. The Morgan fingerprint density at radius 3 is 2.72 bits per heavy atom. The molecule has 0 saturated carbocycles. The van der Waals surface area contributed by atoms with Gasteiger partial charge in [0.25, 0.3) is 0 Å². The van der Waals surface area contributed by atoms with Crippen molar-refractivity contribution in [2.45, 2.75) is 45.4 Å². The van der Waals surface area contributed by atoms with Crippen molar-refractivity contribution in [1.82, 2.24) is 9.80 Å². The zero-order chi connectivity index (χ0) is 21.6. The number of morpholine rings is 1. The van der Waals surface area contributed by atoms with Crippen molar-refractivity contribution in [3.63, 3.8) is 0 Å². The van der Waals surface area contributed by atoms with Gasteiger partial charge in [-0.05, 0) is 32.9 Å². The topological polar surface area (TPSA) is 102 Å². The van der Waals surface area contributed by atoms with Crippen molar-refractivity contribution in [3.8, 4) is 0 Å². The fourth-order valence-electron chi connectivity index (χ4n) is 3.23. The van der Waals surface area contributed by atoms with E-state index in [1.54, 1.807) is 19.4 Å². The Kier molecular flexibility index (Phi) is 7.92. The molecule has 1 N–H and O–H groups in total. The standard InChI is InChI=1S/C20H32N2O7/c1-14(12-26-13-15-11-22(18(23)24)8-10-27-15)17(16-7-6-9-28-16)21(5)19(25)29-20(2,3)4/h6-7,9,14-15,17H,8,10-13H2,1-5H3,(H,23,24)/t14-,15?,17+/m1/s1. The number of furan rings is 1. The van der Waals surface area contributed by atoms with Crippen LogP contribution in [0.15, 0.2) is 22.8 Å². The van der Waals surface area contributed by atoms with Gasteiger partial charge in [-0.1, -0.05) is 6.92 Å². The maximum Gasteiger partial charge on any atom is 0.410 e. The lowest BCUT2D eigenvalue weighted by atomic mass is 9.99. The normalized spacial score (nSPS) is 19.5. The summed E-state index contributed by atoms with van der Waals surface area (Å²) in [6, 6.07) is 3.22. The number of hydrogen-bond donors (Lipinski definition) is 1. The minimum absolute atomic E-state index is 0.0992. The summed E-state index contributed by atoms with van der Waals surface area (Å²) < 4.78 is 22.4. The van der Waals surface area contributed by atoms with Gasteiger partial charge in [0.05, 0.1) is 44.8 Å². The van der Waals surface area contributed by atoms with Gasteiger partial charge < -0.3 is 33.5 Å². The zero-order valence-electron chi connectivity index (χ0n) is 17.8. The van der Waals surface area contributed by atoms with E-state index in [-0.39, 0.29) is 31.2 Å². The first-order valence-electron chi connectivity index (χ1n) is 9.75. The lowest BCUT2D eigenvalue weighted by Gasteiger charge is -2.34. The molecule has 0 bridgehead atoms. The Hall–Kier alpha value is -2.26. The second-order valence-electron chi connectivity index (χ2n) is 8.29. The molecule has 3 atom stereocenters. The van der Waals surface area contributed by atoms with Crippen LogP contribution < -0.4 is 0 Å². The number of hydrogen-bond acceptors (Lipinski definition) is 6. The number of nitrogens with zero attached hydrogens (tertiary/aromatic N) is 2. The Balaban J connectivity index is 1.95. The van der Waals surface area contributed by atoms with E-state index in [1.807, 2.05) is 33.8 Å². The summed E-state index contributed by atoms with van der Waals surface area (Å²) >= 11 is 0. The monoisotopic (exact) mass is 412 g/mol. The first kappa shape index (κ1) is 23.0. The van der Waals surface area contributed by atoms with Crippen molar-refractivity contribution < 1.29 is 33.3 Å². The van der Waals surface area contributed by atoms with Crippen molar-refractivity contribution in [1.29, 1.82) is 0 Å². The van der Waals surface area contributed by atoms with Crippen molar-refractivity contribution in [2.75, 3.05) is 40.0 Å². The molecule has 0 radical (unpaired) electrons. The van der Waals surface area contributed by atoms with Crippen molar-refractivity contribution in [3.05, 3.63) is 24.2 Å². The summed E-state index contributed by atoms with van der Waals surface area (Å²) in [6.45, 7) is 9.02. The third-order valence-electron chi connectivity index (χ3n) is 4.57. The molecule has 9 heteroatoms. The zero-order valence-corrected chi connectivity index (χ0v) is 17.8. The number of ether oxygens (including phenoxy) is 3. The SMILES string of the molecule is C[C@H](COCC1CN(C(=O)O)CCO1)[C@@H](c1ccco1)N(C)C(=O)OC(C)(C)C. The molecule has 1 aromatic rings. The van der Waals surface area contributed by atoms with Gasteiger partial charge in [0.15, 0.2) is 0 Å². The fraction of sp³-hybridized carbons (Fsp3) is 0.700.